The van der Waals surface area contributed by atoms with Gasteiger partial charge >= 0.3 is 0 Å². The summed E-state index contributed by atoms with van der Waals surface area (Å²) in [6.45, 7) is 3.93. The first-order valence-electron chi connectivity index (χ1n) is 3.07. The molecule has 0 aromatic carbocycles. The minimum absolute atomic E-state index is 0.205. The molecule has 1 aliphatic heterocycles. The van der Waals surface area contributed by atoms with Crippen LogP contribution in [0.2, 0.25) is 0 Å². The van der Waals surface area contributed by atoms with Gasteiger partial charge in [-0.15, -0.1) is 0 Å². The van der Waals surface area contributed by atoms with Crippen LogP contribution < -0.4 is 5.59 Å². The second-order valence-corrected chi connectivity index (χ2v) is 2.21. The molecular weight excluding hydrogens is 120 g/mol. The fourth-order valence-corrected chi connectivity index (χ4v) is 0.863. The lowest BCUT2D eigenvalue weighted by molar-refractivity contribution is -0.0182. The number of hydrogen-bond acceptors (Lipinski definition) is 4. The van der Waals surface area contributed by atoms with Gasteiger partial charge in [-0.3, -0.25) is 0 Å². The Hall–Kier alpha value is -0.160. The maximum atomic E-state index is 10.1. The summed E-state index contributed by atoms with van der Waals surface area (Å²) in [6.07, 6.45) is 0. The highest BCUT2D eigenvalue weighted by atomic mass is 16.5. The second-order valence-electron chi connectivity index (χ2n) is 2.21. The van der Waals surface area contributed by atoms with E-state index in [2.05, 4.69) is 0 Å². The van der Waals surface area contributed by atoms with E-state index in [9.17, 15) is 5.21 Å². The van der Waals surface area contributed by atoms with E-state index in [1.807, 2.05) is 12.5 Å². The Bertz CT molecular complexity index is 89.0. The molecule has 54 valence electrons. The van der Waals surface area contributed by atoms with E-state index in [4.69, 9.17) is 4.74 Å². The van der Waals surface area contributed by atoms with E-state index in [0.717, 1.165) is 0 Å². The van der Waals surface area contributed by atoms with E-state index in [1.165, 1.54) is 0 Å². The van der Waals surface area contributed by atoms with E-state index in [0.29, 0.717) is 19.8 Å². The fourth-order valence-electron chi connectivity index (χ4n) is 0.863. The van der Waals surface area contributed by atoms with Crippen LogP contribution in [0.15, 0.2) is 0 Å². The summed E-state index contributed by atoms with van der Waals surface area (Å²) in [5, 5.41) is 11.7. The zero-order chi connectivity index (χ0) is 6.69. The lowest BCUT2D eigenvalue weighted by Crippen LogP contribution is -2.49. The van der Waals surface area contributed by atoms with Crippen LogP contribution in [0.5, 0.6) is 0 Å². The highest BCUT2D eigenvalue weighted by Crippen LogP contribution is 2.00. The number of ether oxygens (including phenoxy) is 1. The molecule has 0 saturated carbocycles. The smallest absolute Gasteiger partial charge is 0.0633 e. The summed E-state index contributed by atoms with van der Waals surface area (Å²) < 4.78 is 5.09. The quantitative estimate of drug-likeness (QED) is 0.497. The molecule has 1 atom stereocenters. The Balaban J connectivity index is 2.30. The molecule has 0 amide bonds. The number of nitrogens with zero attached hydrogens (tertiary/aromatic N) is 1. The van der Waals surface area contributed by atoms with Gasteiger partial charge in [0.1, 0.15) is 0 Å². The van der Waals surface area contributed by atoms with Gasteiger partial charge in [0.05, 0.1) is 13.2 Å². The van der Waals surface area contributed by atoms with Crippen LogP contribution in [0.25, 0.3) is 0 Å². The molecule has 9 heavy (non-hydrogen) atoms. The molecule has 0 aliphatic carbocycles. The van der Waals surface area contributed by atoms with Gasteiger partial charge in [-0.1, -0.05) is 0 Å². The Morgan fingerprint density at radius 3 is 3.00 bits per heavy atom. The van der Waals surface area contributed by atoms with E-state index >= 15 is 0 Å². The SMILES string of the molecule is CC1COCCN1N[O-]. The van der Waals surface area contributed by atoms with Crippen molar-refractivity contribution in [2.24, 2.45) is 0 Å². The molecule has 0 spiro atoms. The molecule has 4 heteroatoms. The zero-order valence-corrected chi connectivity index (χ0v) is 5.46. The minimum atomic E-state index is 0.205. The monoisotopic (exact) mass is 131 g/mol. The van der Waals surface area contributed by atoms with Gasteiger partial charge < -0.3 is 15.5 Å². The lowest BCUT2D eigenvalue weighted by atomic mass is 10.3. The Morgan fingerprint density at radius 2 is 2.56 bits per heavy atom. The molecular formula is C5H11N2O2-. The number of nitrogens with one attached hydrogen (secondary N) is 1. The van der Waals surface area contributed by atoms with Crippen molar-refractivity contribution in [3.63, 3.8) is 0 Å². The van der Waals surface area contributed by atoms with Crippen LogP contribution >= 0.6 is 0 Å². The topological polar surface area (TPSA) is 47.6 Å². The molecule has 1 unspecified atom stereocenters. The number of hydrogen-bond donors (Lipinski definition) is 1. The molecule has 0 aromatic heterocycles. The fraction of sp³-hybridized carbons (Fsp3) is 1.00. The highest BCUT2D eigenvalue weighted by Gasteiger charge is 2.14. The summed E-state index contributed by atoms with van der Waals surface area (Å²) in [5.41, 5.74) is 1.86. The molecule has 1 saturated heterocycles. The van der Waals surface area contributed by atoms with E-state index < -0.39 is 0 Å². The molecule has 1 rings (SSSR count). The van der Waals surface area contributed by atoms with Gasteiger partial charge in [0, 0.05) is 12.6 Å². The Morgan fingerprint density at radius 1 is 1.78 bits per heavy atom. The molecule has 4 nitrogen and oxygen atoms in total. The van der Waals surface area contributed by atoms with E-state index in [-0.39, 0.29) is 6.04 Å². The van der Waals surface area contributed by atoms with Crippen LogP contribution in [-0.4, -0.2) is 30.8 Å². The summed E-state index contributed by atoms with van der Waals surface area (Å²) in [7, 11) is 0. The summed E-state index contributed by atoms with van der Waals surface area (Å²) in [4.78, 5) is 0. The minimum Gasteiger partial charge on any atom is -0.774 e. The van der Waals surface area contributed by atoms with Crippen molar-refractivity contribution in [2.75, 3.05) is 19.8 Å². The van der Waals surface area contributed by atoms with Gasteiger partial charge in [-0.05, 0) is 6.92 Å². The van der Waals surface area contributed by atoms with Crippen LogP contribution in [-0.2, 0) is 4.74 Å². The molecule has 1 N–H and O–H groups in total. The average Bonchev–Trinajstić information content (AvgIpc) is 1.89. The van der Waals surface area contributed by atoms with E-state index in [1.54, 1.807) is 5.01 Å². The third-order valence-corrected chi connectivity index (χ3v) is 1.48. The van der Waals surface area contributed by atoms with Crippen molar-refractivity contribution >= 4 is 0 Å². The normalized spacial score (nSPS) is 30.7. The van der Waals surface area contributed by atoms with Gasteiger partial charge in [-0.2, -0.15) is 0 Å². The zero-order valence-electron chi connectivity index (χ0n) is 5.46. The van der Waals surface area contributed by atoms with Crippen LogP contribution in [0.3, 0.4) is 0 Å². The van der Waals surface area contributed by atoms with Crippen molar-refractivity contribution < 1.29 is 4.74 Å². The number of hydrazine groups is 1. The van der Waals surface area contributed by atoms with Gasteiger partial charge in [-0.25, -0.2) is 5.01 Å². The molecule has 0 aromatic rings. The number of rotatable bonds is 1. The maximum Gasteiger partial charge on any atom is 0.0633 e. The summed E-state index contributed by atoms with van der Waals surface area (Å²) >= 11 is 0. The van der Waals surface area contributed by atoms with Crippen molar-refractivity contribution in [3.8, 4) is 0 Å². The standard InChI is InChI=1S/C5H11N2O2/c1-5-4-9-3-2-7(5)6-8/h5-6H,2-4H2,1H3/q-1. The first-order valence-corrected chi connectivity index (χ1v) is 3.07. The molecule has 1 heterocycles. The van der Waals surface area contributed by atoms with Crippen LogP contribution in [0, 0.1) is 5.21 Å². The lowest BCUT2D eigenvalue weighted by Gasteiger charge is -2.35. The predicted octanol–water partition coefficient (Wildman–Crippen LogP) is -0.290. The molecule has 1 aliphatic rings. The first-order chi connectivity index (χ1) is 4.34. The highest BCUT2D eigenvalue weighted by molar-refractivity contribution is 4.66. The van der Waals surface area contributed by atoms with Crippen molar-refractivity contribution in [1.82, 2.24) is 10.6 Å². The Labute approximate surface area is 54.3 Å². The molecule has 1 fully saturated rings. The average molecular weight is 131 g/mol. The summed E-state index contributed by atoms with van der Waals surface area (Å²) in [5.74, 6) is 0. The van der Waals surface area contributed by atoms with Crippen molar-refractivity contribution in [3.05, 3.63) is 5.21 Å². The van der Waals surface area contributed by atoms with Crippen LogP contribution in [0.4, 0.5) is 0 Å². The molecule has 0 radical (unpaired) electrons. The van der Waals surface area contributed by atoms with Crippen molar-refractivity contribution in [2.45, 2.75) is 13.0 Å². The Kier molecular flexibility index (Phi) is 2.41. The number of morpholine rings is 1. The van der Waals surface area contributed by atoms with Crippen LogP contribution in [0.1, 0.15) is 6.92 Å². The second kappa shape index (κ2) is 3.12. The first kappa shape index (κ1) is 6.95. The maximum absolute atomic E-state index is 10.1. The largest absolute Gasteiger partial charge is 0.774 e. The van der Waals surface area contributed by atoms with Gasteiger partial charge in [0.15, 0.2) is 0 Å². The van der Waals surface area contributed by atoms with Crippen molar-refractivity contribution in [1.29, 1.82) is 0 Å². The molecule has 0 bridgehead atoms. The predicted molar refractivity (Wildman–Crippen MR) is 33.5 cm³/mol. The third kappa shape index (κ3) is 1.62. The summed E-state index contributed by atoms with van der Waals surface area (Å²) in [6, 6.07) is 0.205. The third-order valence-electron chi connectivity index (χ3n) is 1.48. The van der Waals surface area contributed by atoms with Gasteiger partial charge in [0.2, 0.25) is 0 Å². The van der Waals surface area contributed by atoms with Gasteiger partial charge in [0.25, 0.3) is 0 Å².